The second-order valence-electron chi connectivity index (χ2n) is 8.43. The summed E-state index contributed by atoms with van der Waals surface area (Å²) in [5.41, 5.74) is -0.261. The number of aromatic nitrogens is 4. The molecule has 1 aliphatic carbocycles. The average molecular weight is 520 g/mol. The van der Waals surface area contributed by atoms with Gasteiger partial charge in [-0.3, -0.25) is 14.2 Å². The minimum atomic E-state index is -4.75. The van der Waals surface area contributed by atoms with Gasteiger partial charge in [0.1, 0.15) is 6.54 Å². The summed E-state index contributed by atoms with van der Waals surface area (Å²) >= 11 is 5.94. The van der Waals surface area contributed by atoms with E-state index in [2.05, 4.69) is 15.5 Å². The van der Waals surface area contributed by atoms with Crippen molar-refractivity contribution in [2.24, 2.45) is 0 Å². The van der Waals surface area contributed by atoms with Crippen molar-refractivity contribution in [3.63, 3.8) is 0 Å². The summed E-state index contributed by atoms with van der Waals surface area (Å²) in [6.07, 6.45) is -7.92. The molecule has 6 nitrogen and oxygen atoms in total. The van der Waals surface area contributed by atoms with Gasteiger partial charge >= 0.3 is 12.4 Å². The van der Waals surface area contributed by atoms with Gasteiger partial charge in [-0.05, 0) is 44.4 Å². The molecule has 1 amide bonds. The maximum Gasteiger partial charge on any atom is 0.436 e. The Hall–Kier alpha value is -3.02. The van der Waals surface area contributed by atoms with Crippen LogP contribution in [-0.2, 0) is 30.2 Å². The number of carbonyl (C=O) groups excluding carboxylic acids is 1. The fourth-order valence-corrected chi connectivity index (χ4v) is 4.26. The number of hydrogen-bond acceptors (Lipinski definition) is 3. The topological polar surface area (TPSA) is 64.7 Å². The van der Waals surface area contributed by atoms with Crippen LogP contribution in [0.2, 0.25) is 5.02 Å². The maximum atomic E-state index is 13.3. The molecule has 1 fully saturated rings. The van der Waals surface area contributed by atoms with Crippen LogP contribution >= 0.6 is 11.6 Å². The van der Waals surface area contributed by atoms with Gasteiger partial charge in [0.15, 0.2) is 5.69 Å². The molecule has 1 N–H and O–H groups in total. The summed E-state index contributed by atoms with van der Waals surface area (Å²) in [6, 6.07) is 4.82. The van der Waals surface area contributed by atoms with E-state index in [1.165, 1.54) is 16.8 Å². The molecular weight excluding hydrogens is 500 g/mol. The predicted octanol–water partition coefficient (Wildman–Crippen LogP) is 5.95. The summed E-state index contributed by atoms with van der Waals surface area (Å²) in [5, 5.41) is 9.98. The minimum Gasteiger partial charge on any atom is -0.321 e. The van der Waals surface area contributed by atoms with E-state index in [1.807, 2.05) is 0 Å². The molecule has 0 spiro atoms. The Bertz CT molecular complexity index is 1270. The lowest BCUT2D eigenvalue weighted by Gasteiger charge is -2.11. The molecular formula is C22H20ClF6N5O. The summed E-state index contributed by atoms with van der Waals surface area (Å²) < 4.78 is 81.2. The highest BCUT2D eigenvalue weighted by molar-refractivity contribution is 6.32. The van der Waals surface area contributed by atoms with Crippen LogP contribution in [-0.4, -0.2) is 25.5 Å². The van der Waals surface area contributed by atoms with E-state index in [1.54, 1.807) is 13.8 Å². The second-order valence-corrected chi connectivity index (χ2v) is 8.81. The van der Waals surface area contributed by atoms with Crippen LogP contribution in [0, 0.1) is 13.8 Å². The van der Waals surface area contributed by atoms with E-state index in [4.69, 9.17) is 11.6 Å². The average Bonchev–Trinajstić information content (AvgIpc) is 3.47. The second kappa shape index (κ2) is 8.89. The zero-order valence-electron chi connectivity index (χ0n) is 18.6. The van der Waals surface area contributed by atoms with Crippen molar-refractivity contribution >= 4 is 23.2 Å². The molecule has 1 aromatic carbocycles. The van der Waals surface area contributed by atoms with Gasteiger partial charge in [0.05, 0.1) is 39.9 Å². The molecule has 188 valence electrons. The lowest BCUT2D eigenvalue weighted by molar-refractivity contribution is -0.141. The van der Waals surface area contributed by atoms with Crippen LogP contribution in [0.15, 0.2) is 24.3 Å². The fourth-order valence-electron chi connectivity index (χ4n) is 3.87. The van der Waals surface area contributed by atoms with Crippen LogP contribution in [0.5, 0.6) is 0 Å². The van der Waals surface area contributed by atoms with Crippen molar-refractivity contribution in [3.05, 3.63) is 63.2 Å². The van der Waals surface area contributed by atoms with E-state index in [0.29, 0.717) is 35.5 Å². The van der Waals surface area contributed by atoms with Gasteiger partial charge in [-0.15, -0.1) is 0 Å². The fraction of sp³-hybridized carbons (Fsp3) is 0.409. The van der Waals surface area contributed by atoms with E-state index in [0.717, 1.165) is 16.8 Å². The van der Waals surface area contributed by atoms with Crippen LogP contribution < -0.4 is 5.32 Å². The lowest BCUT2D eigenvalue weighted by atomic mass is 10.1. The quantitative estimate of drug-likeness (QED) is 0.409. The van der Waals surface area contributed by atoms with Crippen LogP contribution in [0.1, 0.15) is 52.7 Å². The highest BCUT2D eigenvalue weighted by Crippen LogP contribution is 2.46. The SMILES string of the molecule is Cc1nn(Cc2cccc(C(F)(F)F)c2)c(C)c1NC(=O)Cn1nc(C(F)(F)F)c(Cl)c1C1CC1. The number of halogens is 7. The van der Waals surface area contributed by atoms with Gasteiger partial charge in [-0.1, -0.05) is 23.7 Å². The molecule has 3 aromatic rings. The smallest absolute Gasteiger partial charge is 0.321 e. The number of carbonyl (C=O) groups is 1. The molecule has 0 saturated heterocycles. The summed E-state index contributed by atoms with van der Waals surface area (Å²) in [6.45, 7) is 2.78. The molecule has 0 bridgehead atoms. The van der Waals surface area contributed by atoms with Gasteiger partial charge in [-0.2, -0.15) is 36.5 Å². The molecule has 13 heteroatoms. The van der Waals surface area contributed by atoms with Crippen molar-refractivity contribution < 1.29 is 31.1 Å². The zero-order chi connectivity index (χ0) is 25.7. The van der Waals surface area contributed by atoms with E-state index >= 15 is 0 Å². The number of benzene rings is 1. The van der Waals surface area contributed by atoms with Crippen molar-refractivity contribution in [3.8, 4) is 0 Å². The molecule has 0 atom stereocenters. The number of anilines is 1. The molecule has 0 radical (unpaired) electrons. The predicted molar refractivity (Wildman–Crippen MR) is 115 cm³/mol. The first-order valence-corrected chi connectivity index (χ1v) is 11.0. The Morgan fingerprint density at radius 1 is 1.09 bits per heavy atom. The van der Waals surface area contributed by atoms with Crippen molar-refractivity contribution in [2.45, 2.75) is 58.0 Å². The van der Waals surface area contributed by atoms with Crippen molar-refractivity contribution in [2.75, 3.05) is 5.32 Å². The van der Waals surface area contributed by atoms with Crippen LogP contribution in [0.25, 0.3) is 0 Å². The van der Waals surface area contributed by atoms with Gasteiger partial charge in [0.25, 0.3) is 0 Å². The molecule has 2 heterocycles. The van der Waals surface area contributed by atoms with Crippen molar-refractivity contribution in [1.29, 1.82) is 0 Å². The molecule has 2 aromatic heterocycles. The summed E-state index contributed by atoms with van der Waals surface area (Å²) in [4.78, 5) is 12.7. The number of hydrogen-bond donors (Lipinski definition) is 1. The summed E-state index contributed by atoms with van der Waals surface area (Å²) in [5.74, 6) is -0.817. The summed E-state index contributed by atoms with van der Waals surface area (Å²) in [7, 11) is 0. The van der Waals surface area contributed by atoms with E-state index in [-0.39, 0.29) is 18.2 Å². The molecule has 0 unspecified atom stereocenters. The first-order valence-electron chi connectivity index (χ1n) is 10.6. The van der Waals surface area contributed by atoms with Gasteiger partial charge in [-0.25, -0.2) is 0 Å². The normalized spacial score (nSPS) is 14.4. The number of nitrogens with one attached hydrogen (secondary N) is 1. The Morgan fingerprint density at radius 2 is 1.77 bits per heavy atom. The third-order valence-corrected chi connectivity index (χ3v) is 6.06. The Balaban J connectivity index is 1.53. The Labute approximate surface area is 200 Å². The Kier molecular flexibility index (Phi) is 6.37. The number of nitrogens with zero attached hydrogens (tertiary/aromatic N) is 4. The third kappa shape index (κ3) is 5.31. The maximum absolute atomic E-state index is 13.3. The van der Waals surface area contributed by atoms with Crippen LogP contribution in [0.3, 0.4) is 0 Å². The molecule has 0 aliphatic heterocycles. The van der Waals surface area contributed by atoms with Gasteiger partial charge < -0.3 is 5.32 Å². The Morgan fingerprint density at radius 3 is 2.37 bits per heavy atom. The van der Waals surface area contributed by atoms with Gasteiger partial charge in [0, 0.05) is 5.92 Å². The van der Waals surface area contributed by atoms with Gasteiger partial charge in [0.2, 0.25) is 5.91 Å². The highest BCUT2D eigenvalue weighted by Gasteiger charge is 2.42. The number of alkyl halides is 6. The molecule has 4 rings (SSSR count). The standard InChI is InChI=1S/C22H20ClF6N5O/c1-11-18(12(2)33(31-11)9-13-4-3-5-15(8-13)21(24,25)26)30-16(35)10-34-19(14-6-7-14)17(23)20(32-34)22(27,28)29/h3-5,8,14H,6-7,9-10H2,1-2H3,(H,30,35). The van der Waals surface area contributed by atoms with Crippen molar-refractivity contribution in [1.82, 2.24) is 19.6 Å². The molecule has 35 heavy (non-hydrogen) atoms. The minimum absolute atomic E-state index is 0.0298. The monoisotopic (exact) mass is 519 g/mol. The number of amides is 1. The first-order chi connectivity index (χ1) is 16.3. The van der Waals surface area contributed by atoms with E-state index in [9.17, 15) is 31.1 Å². The first kappa shape index (κ1) is 25.1. The van der Waals surface area contributed by atoms with Crippen LogP contribution in [0.4, 0.5) is 32.0 Å². The number of aryl methyl sites for hydroxylation is 1. The van der Waals surface area contributed by atoms with E-state index < -0.39 is 41.1 Å². The molecule has 1 aliphatic rings. The third-order valence-electron chi connectivity index (χ3n) is 5.69. The lowest BCUT2D eigenvalue weighted by Crippen LogP contribution is -2.22. The highest BCUT2D eigenvalue weighted by atomic mass is 35.5. The largest absolute Gasteiger partial charge is 0.436 e. The number of rotatable bonds is 6. The zero-order valence-corrected chi connectivity index (χ0v) is 19.3. The molecule has 1 saturated carbocycles.